The van der Waals surface area contributed by atoms with Crippen molar-refractivity contribution in [2.75, 3.05) is 18.8 Å². The van der Waals surface area contributed by atoms with Gasteiger partial charge in [0.05, 0.1) is 5.69 Å². The quantitative estimate of drug-likeness (QED) is 0.821. The van der Waals surface area contributed by atoms with Crippen molar-refractivity contribution in [2.45, 2.75) is 39.3 Å². The molecule has 15 heavy (non-hydrogen) atoms. The van der Waals surface area contributed by atoms with Crippen LogP contribution in [0.2, 0.25) is 0 Å². The van der Waals surface area contributed by atoms with Crippen molar-refractivity contribution in [3.05, 3.63) is 11.8 Å². The van der Waals surface area contributed by atoms with Crippen LogP contribution in [0, 0.1) is 0 Å². The third-order valence-corrected chi connectivity index (χ3v) is 2.91. The summed E-state index contributed by atoms with van der Waals surface area (Å²) < 4.78 is 2.04. The van der Waals surface area contributed by atoms with E-state index in [-0.39, 0.29) is 0 Å². The molecule has 0 saturated carbocycles. The fourth-order valence-electron chi connectivity index (χ4n) is 2.19. The van der Waals surface area contributed by atoms with Crippen LogP contribution in [0.1, 0.15) is 38.4 Å². The Hall–Kier alpha value is -1.03. The van der Waals surface area contributed by atoms with E-state index in [1.165, 1.54) is 31.6 Å². The lowest BCUT2D eigenvalue weighted by Crippen LogP contribution is -2.21. The number of rotatable bonds is 3. The van der Waals surface area contributed by atoms with E-state index in [1.807, 2.05) is 10.7 Å². The van der Waals surface area contributed by atoms with Crippen molar-refractivity contribution < 1.29 is 0 Å². The molecule has 2 rings (SSSR count). The molecule has 1 aliphatic heterocycles. The molecule has 0 radical (unpaired) electrons. The molecule has 84 valence electrons. The van der Waals surface area contributed by atoms with Crippen LogP contribution in [0.3, 0.4) is 0 Å². The molecule has 1 aliphatic rings. The zero-order valence-electron chi connectivity index (χ0n) is 9.61. The average molecular weight is 208 g/mol. The molecule has 0 spiro atoms. The van der Waals surface area contributed by atoms with E-state index in [0.717, 1.165) is 6.54 Å². The van der Waals surface area contributed by atoms with E-state index in [0.29, 0.717) is 11.9 Å². The van der Waals surface area contributed by atoms with Crippen LogP contribution < -0.4 is 5.73 Å². The van der Waals surface area contributed by atoms with Gasteiger partial charge in [-0.25, -0.2) is 0 Å². The number of hydrogen-bond acceptors (Lipinski definition) is 3. The van der Waals surface area contributed by atoms with Gasteiger partial charge in [-0.3, -0.25) is 9.58 Å². The number of hydrogen-bond donors (Lipinski definition) is 1. The van der Waals surface area contributed by atoms with Crippen molar-refractivity contribution in [1.29, 1.82) is 0 Å². The molecule has 0 atom stereocenters. The second kappa shape index (κ2) is 4.23. The minimum Gasteiger partial charge on any atom is -0.382 e. The number of nitrogen functional groups attached to an aromatic ring is 1. The van der Waals surface area contributed by atoms with Gasteiger partial charge in [0, 0.05) is 18.7 Å². The summed E-state index contributed by atoms with van der Waals surface area (Å²) >= 11 is 0. The van der Waals surface area contributed by atoms with Gasteiger partial charge < -0.3 is 5.73 Å². The van der Waals surface area contributed by atoms with Crippen molar-refractivity contribution in [1.82, 2.24) is 14.7 Å². The molecule has 2 N–H and O–H groups in total. The summed E-state index contributed by atoms with van der Waals surface area (Å²) in [6.45, 7) is 7.69. The summed E-state index contributed by atoms with van der Waals surface area (Å²) in [5, 5.41) is 4.32. The first-order chi connectivity index (χ1) is 7.16. The first-order valence-corrected chi connectivity index (χ1v) is 5.73. The Balaban J connectivity index is 2.11. The van der Waals surface area contributed by atoms with Crippen LogP contribution in [-0.2, 0) is 6.54 Å². The number of anilines is 1. The maximum Gasteiger partial charge on any atom is 0.145 e. The largest absolute Gasteiger partial charge is 0.382 e. The molecule has 4 nitrogen and oxygen atoms in total. The molecule has 0 bridgehead atoms. The van der Waals surface area contributed by atoms with E-state index in [4.69, 9.17) is 5.73 Å². The van der Waals surface area contributed by atoms with Gasteiger partial charge >= 0.3 is 0 Å². The topological polar surface area (TPSA) is 47.1 Å². The van der Waals surface area contributed by atoms with Crippen LogP contribution in [0.4, 0.5) is 5.82 Å². The molecule has 0 unspecified atom stereocenters. The highest BCUT2D eigenvalue weighted by molar-refractivity contribution is 5.29. The molecular weight excluding hydrogens is 188 g/mol. The summed E-state index contributed by atoms with van der Waals surface area (Å²) in [5.41, 5.74) is 6.98. The smallest absolute Gasteiger partial charge is 0.145 e. The van der Waals surface area contributed by atoms with Crippen molar-refractivity contribution in [3.8, 4) is 0 Å². The summed E-state index contributed by atoms with van der Waals surface area (Å²) in [5.74, 6) is 0.637. The number of nitrogens with zero attached hydrogens (tertiary/aromatic N) is 3. The molecule has 1 aromatic rings. The summed E-state index contributed by atoms with van der Waals surface area (Å²) in [6.07, 6.45) is 2.65. The predicted octanol–water partition coefficient (Wildman–Crippen LogP) is 1.64. The minimum absolute atomic E-state index is 0.389. The van der Waals surface area contributed by atoms with Gasteiger partial charge in [0.25, 0.3) is 0 Å². The third kappa shape index (κ3) is 2.31. The molecule has 1 fully saturated rings. The van der Waals surface area contributed by atoms with E-state index >= 15 is 0 Å². The van der Waals surface area contributed by atoms with Gasteiger partial charge in [-0.1, -0.05) is 0 Å². The van der Waals surface area contributed by atoms with Gasteiger partial charge in [-0.05, 0) is 39.8 Å². The molecule has 4 heteroatoms. The zero-order valence-corrected chi connectivity index (χ0v) is 9.61. The van der Waals surface area contributed by atoms with E-state index in [2.05, 4.69) is 23.8 Å². The lowest BCUT2D eigenvalue weighted by atomic mass is 10.3. The van der Waals surface area contributed by atoms with Gasteiger partial charge in [0.1, 0.15) is 5.82 Å². The number of nitrogens with two attached hydrogens (primary N) is 1. The Morgan fingerprint density at radius 1 is 1.40 bits per heavy atom. The van der Waals surface area contributed by atoms with Crippen molar-refractivity contribution >= 4 is 5.82 Å². The molecule has 0 amide bonds. The molecule has 1 saturated heterocycles. The van der Waals surface area contributed by atoms with Gasteiger partial charge in [0.2, 0.25) is 0 Å². The summed E-state index contributed by atoms with van der Waals surface area (Å²) in [4.78, 5) is 2.47. The fraction of sp³-hybridized carbons (Fsp3) is 0.727. The standard InChI is InChI=1S/C11H20N4/c1-9(2)15-10(7-11(12)13-15)8-14-5-3-4-6-14/h7,9H,3-6,8H2,1-2H3,(H2,12,13). The fourth-order valence-corrected chi connectivity index (χ4v) is 2.19. The van der Waals surface area contributed by atoms with Crippen LogP contribution in [0.25, 0.3) is 0 Å². The molecule has 2 heterocycles. The Labute approximate surface area is 91.1 Å². The number of aromatic nitrogens is 2. The monoisotopic (exact) mass is 208 g/mol. The lowest BCUT2D eigenvalue weighted by molar-refractivity contribution is 0.314. The van der Waals surface area contributed by atoms with Crippen LogP contribution >= 0.6 is 0 Å². The van der Waals surface area contributed by atoms with E-state index < -0.39 is 0 Å². The highest BCUT2D eigenvalue weighted by Crippen LogP contribution is 2.17. The van der Waals surface area contributed by atoms with Crippen LogP contribution in [-0.4, -0.2) is 27.8 Å². The van der Waals surface area contributed by atoms with Crippen molar-refractivity contribution in [3.63, 3.8) is 0 Å². The Kier molecular flexibility index (Phi) is 2.95. The Morgan fingerprint density at radius 2 is 2.07 bits per heavy atom. The van der Waals surface area contributed by atoms with Gasteiger partial charge in [0.15, 0.2) is 0 Å². The van der Waals surface area contributed by atoms with Gasteiger partial charge in [-0.2, -0.15) is 5.10 Å². The average Bonchev–Trinajstić information content (AvgIpc) is 2.75. The molecular formula is C11H20N4. The number of likely N-dealkylation sites (tertiary alicyclic amines) is 1. The Morgan fingerprint density at radius 3 is 2.67 bits per heavy atom. The summed E-state index contributed by atoms with van der Waals surface area (Å²) in [7, 11) is 0. The molecule has 0 aliphatic carbocycles. The third-order valence-electron chi connectivity index (χ3n) is 2.91. The lowest BCUT2D eigenvalue weighted by Gasteiger charge is -2.17. The Bertz CT molecular complexity index is 323. The van der Waals surface area contributed by atoms with Crippen molar-refractivity contribution in [2.24, 2.45) is 0 Å². The van der Waals surface area contributed by atoms with Crippen LogP contribution in [0.5, 0.6) is 0 Å². The minimum atomic E-state index is 0.389. The summed E-state index contributed by atoms with van der Waals surface area (Å²) in [6, 6.07) is 2.39. The highest BCUT2D eigenvalue weighted by atomic mass is 15.3. The van der Waals surface area contributed by atoms with E-state index in [9.17, 15) is 0 Å². The highest BCUT2D eigenvalue weighted by Gasteiger charge is 2.16. The zero-order chi connectivity index (χ0) is 10.8. The first kappa shape index (κ1) is 10.5. The first-order valence-electron chi connectivity index (χ1n) is 5.73. The maximum absolute atomic E-state index is 5.74. The van der Waals surface area contributed by atoms with Crippen LogP contribution in [0.15, 0.2) is 6.07 Å². The van der Waals surface area contributed by atoms with Gasteiger partial charge in [-0.15, -0.1) is 0 Å². The second-order valence-corrected chi connectivity index (χ2v) is 4.58. The second-order valence-electron chi connectivity index (χ2n) is 4.58. The maximum atomic E-state index is 5.74. The predicted molar refractivity (Wildman–Crippen MR) is 61.5 cm³/mol. The normalized spacial score (nSPS) is 17.8. The SMILES string of the molecule is CC(C)n1nc(N)cc1CN1CCCC1. The molecule has 1 aromatic heterocycles. The molecule has 0 aromatic carbocycles. The van der Waals surface area contributed by atoms with E-state index in [1.54, 1.807) is 0 Å².